The largest absolute Gasteiger partial charge is 0.323 e. The number of nitrogen functional groups attached to an aromatic ring is 1. The number of carbonyl (C=O) groups is 1. The molecule has 0 aromatic heterocycles. The van der Waals surface area contributed by atoms with Gasteiger partial charge in [0.05, 0.1) is 16.2 Å². The molecule has 0 unspecified atom stereocenters. The van der Waals surface area contributed by atoms with Crippen LogP contribution in [0.25, 0.3) is 0 Å². The van der Waals surface area contributed by atoms with Crippen molar-refractivity contribution < 1.29 is 9.72 Å². The summed E-state index contributed by atoms with van der Waals surface area (Å²) in [5.74, 6) is 4.93. The highest BCUT2D eigenvalue weighted by molar-refractivity contribution is 6.00. The second kappa shape index (κ2) is 6.48. The minimum atomic E-state index is -0.549. The molecule has 1 heterocycles. The number of benzene rings is 1. The van der Waals surface area contributed by atoms with Gasteiger partial charge in [0.15, 0.2) is 0 Å². The number of anilines is 1. The Morgan fingerprint density at radius 2 is 2.00 bits per heavy atom. The Balaban J connectivity index is 2.13. The van der Waals surface area contributed by atoms with Gasteiger partial charge in [-0.05, 0) is 13.1 Å². The molecule has 114 valence electrons. The smallest absolute Gasteiger partial charge is 0.270 e. The van der Waals surface area contributed by atoms with Crippen molar-refractivity contribution in [2.75, 3.05) is 38.7 Å². The third kappa shape index (κ3) is 3.66. The van der Waals surface area contributed by atoms with E-state index in [-0.39, 0.29) is 11.3 Å². The van der Waals surface area contributed by atoms with Crippen molar-refractivity contribution in [3.8, 4) is 0 Å². The molecular formula is C12H18N6O3. The van der Waals surface area contributed by atoms with Gasteiger partial charge < -0.3 is 10.3 Å². The summed E-state index contributed by atoms with van der Waals surface area (Å²) in [5.41, 5.74) is 5.45. The zero-order valence-electron chi connectivity index (χ0n) is 11.7. The molecule has 9 heteroatoms. The molecule has 1 aliphatic heterocycles. The highest BCUT2D eigenvalue weighted by Crippen LogP contribution is 2.21. The number of hydrazine groups is 2. The van der Waals surface area contributed by atoms with Gasteiger partial charge in [-0.25, -0.2) is 5.01 Å². The lowest BCUT2D eigenvalue weighted by molar-refractivity contribution is -0.384. The molecule has 21 heavy (non-hydrogen) atoms. The van der Waals surface area contributed by atoms with E-state index in [1.807, 2.05) is 7.05 Å². The number of non-ortho nitro benzene ring substituents is 1. The molecule has 0 atom stereocenters. The average molecular weight is 294 g/mol. The minimum absolute atomic E-state index is 0.144. The molecule has 0 aliphatic carbocycles. The van der Waals surface area contributed by atoms with E-state index < -0.39 is 10.8 Å². The van der Waals surface area contributed by atoms with Crippen LogP contribution < -0.4 is 16.7 Å². The SMILES string of the molecule is CN1CCN(NC(=O)c2cc([N+](=O)[O-])ccc2NN)CC1. The number of amides is 1. The maximum absolute atomic E-state index is 12.3. The van der Waals surface area contributed by atoms with Gasteiger partial charge >= 0.3 is 0 Å². The first-order valence-corrected chi connectivity index (χ1v) is 6.51. The fourth-order valence-electron chi connectivity index (χ4n) is 2.08. The molecule has 1 aromatic rings. The Bertz CT molecular complexity index is 542. The molecule has 1 fully saturated rings. The summed E-state index contributed by atoms with van der Waals surface area (Å²) < 4.78 is 0. The molecular weight excluding hydrogens is 276 g/mol. The van der Waals surface area contributed by atoms with Crippen molar-refractivity contribution >= 4 is 17.3 Å². The number of carbonyl (C=O) groups excluding carboxylic acids is 1. The van der Waals surface area contributed by atoms with Gasteiger partial charge in [0.1, 0.15) is 0 Å². The zero-order valence-corrected chi connectivity index (χ0v) is 11.7. The van der Waals surface area contributed by atoms with Crippen LogP contribution in [0.4, 0.5) is 11.4 Å². The van der Waals surface area contributed by atoms with Crippen molar-refractivity contribution in [2.24, 2.45) is 5.84 Å². The summed E-state index contributed by atoms with van der Waals surface area (Å²) in [4.78, 5) is 24.7. The van der Waals surface area contributed by atoms with Crippen LogP contribution in [0, 0.1) is 10.1 Å². The number of likely N-dealkylation sites (N-methyl/N-ethyl adjacent to an activating group) is 1. The summed E-state index contributed by atoms with van der Waals surface area (Å²) >= 11 is 0. The summed E-state index contributed by atoms with van der Waals surface area (Å²) in [6.45, 7) is 3.08. The van der Waals surface area contributed by atoms with Crippen LogP contribution in [-0.2, 0) is 0 Å². The van der Waals surface area contributed by atoms with Crippen LogP contribution in [-0.4, -0.2) is 54.0 Å². The Morgan fingerprint density at radius 1 is 1.33 bits per heavy atom. The average Bonchev–Trinajstić information content (AvgIpc) is 2.48. The van der Waals surface area contributed by atoms with Crippen molar-refractivity contribution in [1.82, 2.24) is 15.3 Å². The fraction of sp³-hybridized carbons (Fsp3) is 0.417. The van der Waals surface area contributed by atoms with E-state index in [0.717, 1.165) is 13.1 Å². The molecule has 0 saturated carbocycles. The van der Waals surface area contributed by atoms with E-state index in [1.54, 1.807) is 5.01 Å². The number of rotatable bonds is 4. The minimum Gasteiger partial charge on any atom is -0.323 e. The van der Waals surface area contributed by atoms with E-state index in [2.05, 4.69) is 15.8 Å². The van der Waals surface area contributed by atoms with Crippen molar-refractivity contribution in [1.29, 1.82) is 0 Å². The van der Waals surface area contributed by atoms with Crippen molar-refractivity contribution in [3.05, 3.63) is 33.9 Å². The number of nitrogens with one attached hydrogen (secondary N) is 2. The lowest BCUT2D eigenvalue weighted by Gasteiger charge is -2.32. The van der Waals surface area contributed by atoms with E-state index in [0.29, 0.717) is 18.8 Å². The molecule has 0 spiro atoms. The van der Waals surface area contributed by atoms with Crippen molar-refractivity contribution in [3.63, 3.8) is 0 Å². The quantitative estimate of drug-likeness (QED) is 0.399. The molecule has 2 rings (SSSR count). The van der Waals surface area contributed by atoms with Crippen LogP contribution in [0.5, 0.6) is 0 Å². The van der Waals surface area contributed by atoms with Crippen LogP contribution in [0.2, 0.25) is 0 Å². The monoisotopic (exact) mass is 294 g/mol. The first-order valence-electron chi connectivity index (χ1n) is 6.51. The van der Waals surface area contributed by atoms with Crippen LogP contribution in [0.3, 0.4) is 0 Å². The van der Waals surface area contributed by atoms with Crippen LogP contribution in [0.1, 0.15) is 10.4 Å². The second-order valence-electron chi connectivity index (χ2n) is 4.86. The lowest BCUT2D eigenvalue weighted by atomic mass is 10.1. The van der Waals surface area contributed by atoms with Gasteiger partial charge in [0.25, 0.3) is 11.6 Å². The highest BCUT2D eigenvalue weighted by atomic mass is 16.6. The topological polar surface area (TPSA) is 117 Å². The van der Waals surface area contributed by atoms with Gasteiger partial charge in [-0.15, -0.1) is 0 Å². The Kier molecular flexibility index (Phi) is 4.68. The first-order chi connectivity index (χ1) is 10.0. The molecule has 0 radical (unpaired) electrons. The number of hydrogen-bond acceptors (Lipinski definition) is 7. The number of piperazine rings is 1. The molecule has 1 amide bonds. The maximum atomic E-state index is 12.3. The maximum Gasteiger partial charge on any atom is 0.270 e. The van der Waals surface area contributed by atoms with Gasteiger partial charge in [-0.1, -0.05) is 0 Å². The number of nitro groups is 1. The van der Waals surface area contributed by atoms with E-state index >= 15 is 0 Å². The van der Waals surface area contributed by atoms with Gasteiger partial charge in [0, 0.05) is 38.3 Å². The number of hydrogen-bond donors (Lipinski definition) is 3. The number of nitrogens with zero attached hydrogens (tertiary/aromatic N) is 3. The third-order valence-electron chi connectivity index (χ3n) is 3.38. The lowest BCUT2D eigenvalue weighted by Crippen LogP contribution is -2.52. The predicted molar refractivity (Wildman–Crippen MR) is 77.4 cm³/mol. The summed E-state index contributed by atoms with van der Waals surface area (Å²) in [7, 11) is 2.01. The molecule has 1 aromatic carbocycles. The van der Waals surface area contributed by atoms with Gasteiger partial charge in [-0.2, -0.15) is 0 Å². The van der Waals surface area contributed by atoms with Crippen molar-refractivity contribution in [2.45, 2.75) is 0 Å². The molecule has 0 bridgehead atoms. The van der Waals surface area contributed by atoms with Crippen LogP contribution in [0.15, 0.2) is 18.2 Å². The molecule has 9 nitrogen and oxygen atoms in total. The van der Waals surface area contributed by atoms with Gasteiger partial charge in [0.2, 0.25) is 0 Å². The Morgan fingerprint density at radius 3 is 2.57 bits per heavy atom. The molecule has 1 aliphatic rings. The van der Waals surface area contributed by atoms with Gasteiger partial charge in [-0.3, -0.25) is 26.2 Å². The Labute approximate surface area is 121 Å². The van der Waals surface area contributed by atoms with Crippen LogP contribution >= 0.6 is 0 Å². The number of nitro benzene ring substituents is 1. The molecule has 4 N–H and O–H groups in total. The standard InChI is InChI=1S/C12H18N6O3/c1-16-4-6-17(7-5-16)15-12(19)10-8-9(18(20)21)2-3-11(10)14-13/h2-3,8,14H,4-7,13H2,1H3,(H,15,19). The molecule has 1 saturated heterocycles. The van der Waals surface area contributed by atoms with E-state index in [1.165, 1.54) is 18.2 Å². The zero-order chi connectivity index (χ0) is 15.4. The summed E-state index contributed by atoms with van der Waals surface area (Å²) in [6, 6.07) is 3.92. The third-order valence-corrected chi connectivity index (χ3v) is 3.38. The second-order valence-corrected chi connectivity index (χ2v) is 4.86. The number of nitrogens with two attached hydrogens (primary N) is 1. The normalized spacial score (nSPS) is 16.5. The fourth-order valence-corrected chi connectivity index (χ4v) is 2.08. The highest BCUT2D eigenvalue weighted by Gasteiger charge is 2.20. The van der Waals surface area contributed by atoms with E-state index in [9.17, 15) is 14.9 Å². The first kappa shape index (κ1) is 15.2. The summed E-state index contributed by atoms with van der Waals surface area (Å²) in [6.07, 6.45) is 0. The summed E-state index contributed by atoms with van der Waals surface area (Å²) in [5, 5.41) is 12.6. The predicted octanol–water partition coefficient (Wildman–Crippen LogP) is -0.227. The Hall–Kier alpha value is -2.23. The van der Waals surface area contributed by atoms with E-state index in [4.69, 9.17) is 5.84 Å².